The van der Waals surface area contributed by atoms with Crippen molar-refractivity contribution in [3.8, 4) is 5.75 Å². The number of rotatable bonds is 11. The Morgan fingerprint density at radius 2 is 1.57 bits per heavy atom. The van der Waals surface area contributed by atoms with Crippen LogP contribution in [0.3, 0.4) is 0 Å². The van der Waals surface area contributed by atoms with Gasteiger partial charge in [0.1, 0.15) is 18.3 Å². The molecule has 3 aromatic rings. The van der Waals surface area contributed by atoms with Crippen molar-refractivity contribution in [3.63, 3.8) is 0 Å². The molecular formula is C29H33Cl2N3O5S. The van der Waals surface area contributed by atoms with Gasteiger partial charge in [-0.25, -0.2) is 8.42 Å². The maximum absolute atomic E-state index is 14.0. The predicted octanol–water partition coefficient (Wildman–Crippen LogP) is 5.37. The van der Waals surface area contributed by atoms with Crippen molar-refractivity contribution in [1.82, 2.24) is 10.2 Å². The Kier molecular flexibility index (Phi) is 10.5. The first-order valence-electron chi connectivity index (χ1n) is 12.6. The van der Waals surface area contributed by atoms with E-state index < -0.39 is 34.4 Å². The van der Waals surface area contributed by atoms with Crippen LogP contribution in [0.15, 0.2) is 65.6 Å². The number of anilines is 1. The lowest BCUT2D eigenvalue weighted by Crippen LogP contribution is -2.51. The number of carbonyl (C=O) groups is 2. The highest BCUT2D eigenvalue weighted by molar-refractivity contribution is 7.92. The van der Waals surface area contributed by atoms with Gasteiger partial charge < -0.3 is 15.0 Å². The number of methoxy groups -OCH3 is 1. The van der Waals surface area contributed by atoms with E-state index in [-0.39, 0.29) is 22.9 Å². The number of hydrogen-bond acceptors (Lipinski definition) is 5. The second-order valence-electron chi connectivity index (χ2n) is 9.29. The van der Waals surface area contributed by atoms with Gasteiger partial charge >= 0.3 is 0 Å². The smallest absolute Gasteiger partial charge is 0.264 e. The van der Waals surface area contributed by atoms with Gasteiger partial charge in [-0.05, 0) is 69.7 Å². The van der Waals surface area contributed by atoms with Crippen LogP contribution in [-0.4, -0.2) is 51.4 Å². The minimum Gasteiger partial charge on any atom is -0.495 e. The number of benzene rings is 3. The van der Waals surface area contributed by atoms with Crippen LogP contribution in [0.5, 0.6) is 5.75 Å². The minimum absolute atomic E-state index is 0.00642. The molecule has 0 radical (unpaired) electrons. The van der Waals surface area contributed by atoms with Crippen LogP contribution in [-0.2, 0) is 26.2 Å². The predicted molar refractivity (Wildman–Crippen MR) is 159 cm³/mol. The van der Waals surface area contributed by atoms with Gasteiger partial charge in [-0.1, -0.05) is 53.0 Å². The fraction of sp³-hybridized carbons (Fsp3) is 0.310. The number of sulfonamides is 1. The van der Waals surface area contributed by atoms with E-state index in [1.54, 1.807) is 62.4 Å². The van der Waals surface area contributed by atoms with Gasteiger partial charge in [-0.2, -0.15) is 0 Å². The van der Waals surface area contributed by atoms with Gasteiger partial charge in [0.25, 0.3) is 10.0 Å². The molecule has 0 aromatic heterocycles. The summed E-state index contributed by atoms with van der Waals surface area (Å²) in [7, 11) is -2.81. The third-order valence-corrected chi connectivity index (χ3v) is 8.88. The van der Waals surface area contributed by atoms with Crippen LogP contribution in [0.4, 0.5) is 5.69 Å². The SMILES string of the molecule is CCNC(=O)[C@@H](C)N(Cc1c(Cl)cccc1Cl)C(=O)CN(c1cc(C)ccc1OC)S(=O)(=O)c1ccc(C)cc1. The van der Waals surface area contributed by atoms with Crippen molar-refractivity contribution in [3.05, 3.63) is 87.4 Å². The fourth-order valence-electron chi connectivity index (χ4n) is 4.10. The van der Waals surface area contributed by atoms with Crippen LogP contribution in [0.2, 0.25) is 10.0 Å². The van der Waals surface area contributed by atoms with Crippen molar-refractivity contribution < 1.29 is 22.7 Å². The van der Waals surface area contributed by atoms with Crippen molar-refractivity contribution in [1.29, 1.82) is 0 Å². The quantitative estimate of drug-likeness (QED) is 0.317. The number of hydrogen-bond donors (Lipinski definition) is 1. The number of ether oxygens (including phenoxy) is 1. The lowest BCUT2D eigenvalue weighted by Gasteiger charge is -2.32. The van der Waals surface area contributed by atoms with Crippen LogP contribution >= 0.6 is 23.2 Å². The minimum atomic E-state index is -4.24. The Hall–Kier alpha value is -3.27. The maximum Gasteiger partial charge on any atom is 0.264 e. The Morgan fingerprint density at radius 1 is 0.975 bits per heavy atom. The van der Waals surface area contributed by atoms with E-state index in [2.05, 4.69) is 5.32 Å². The summed E-state index contributed by atoms with van der Waals surface area (Å²) < 4.78 is 34.6. The monoisotopic (exact) mass is 605 g/mol. The van der Waals surface area contributed by atoms with Gasteiger partial charge in [-0.3, -0.25) is 13.9 Å². The molecule has 3 rings (SSSR count). The standard InChI is InChI=1S/C29H33Cl2N3O5S/c1-6-32-29(36)21(4)33(17-23-24(30)8-7-9-25(23)31)28(35)18-34(26-16-20(3)12-15-27(26)39-5)40(37,38)22-13-10-19(2)11-14-22/h7-16,21H,6,17-18H2,1-5H3,(H,32,36)/t21-/m1/s1. The molecule has 0 bridgehead atoms. The van der Waals surface area contributed by atoms with Crippen LogP contribution in [0.1, 0.15) is 30.5 Å². The van der Waals surface area contributed by atoms with Gasteiger partial charge in [0.15, 0.2) is 0 Å². The van der Waals surface area contributed by atoms with Crippen molar-refractivity contribution in [2.24, 2.45) is 0 Å². The Labute approximate surface area is 245 Å². The highest BCUT2D eigenvalue weighted by Gasteiger charge is 2.34. The Balaban J connectivity index is 2.14. The Morgan fingerprint density at radius 3 is 2.15 bits per heavy atom. The number of carbonyl (C=O) groups excluding carboxylic acids is 2. The molecule has 0 aliphatic heterocycles. The van der Waals surface area contributed by atoms with Crippen molar-refractivity contribution in [2.75, 3.05) is 24.5 Å². The number of nitrogens with one attached hydrogen (secondary N) is 1. The van der Waals surface area contributed by atoms with E-state index in [4.69, 9.17) is 27.9 Å². The molecule has 0 fully saturated rings. The molecule has 0 aliphatic rings. The summed E-state index contributed by atoms with van der Waals surface area (Å²) in [6, 6.07) is 15.4. The second kappa shape index (κ2) is 13.4. The summed E-state index contributed by atoms with van der Waals surface area (Å²) in [5, 5.41) is 3.35. The molecule has 0 heterocycles. The first-order valence-corrected chi connectivity index (χ1v) is 14.8. The van der Waals surface area contributed by atoms with Gasteiger partial charge in [0.05, 0.1) is 17.7 Å². The molecule has 0 saturated carbocycles. The van der Waals surface area contributed by atoms with E-state index in [0.29, 0.717) is 22.2 Å². The first-order chi connectivity index (χ1) is 18.9. The van der Waals surface area contributed by atoms with Crippen molar-refractivity contribution in [2.45, 2.75) is 45.2 Å². The summed E-state index contributed by atoms with van der Waals surface area (Å²) in [6.07, 6.45) is 0. The van der Waals surface area contributed by atoms with E-state index in [1.807, 2.05) is 13.8 Å². The molecule has 0 unspecified atom stereocenters. The van der Waals surface area contributed by atoms with E-state index in [0.717, 1.165) is 15.4 Å². The largest absolute Gasteiger partial charge is 0.495 e. The summed E-state index contributed by atoms with van der Waals surface area (Å²) in [5.41, 5.74) is 2.28. The third kappa shape index (κ3) is 7.08. The van der Waals surface area contributed by atoms with Gasteiger partial charge in [0, 0.05) is 28.7 Å². The maximum atomic E-state index is 14.0. The topological polar surface area (TPSA) is 96.0 Å². The normalized spacial score (nSPS) is 12.0. The number of halogens is 2. The summed E-state index contributed by atoms with van der Waals surface area (Å²) in [6.45, 7) is 6.63. The molecular weight excluding hydrogens is 573 g/mol. The summed E-state index contributed by atoms with van der Waals surface area (Å²) in [5.74, 6) is -0.763. The molecule has 11 heteroatoms. The molecule has 214 valence electrons. The lowest BCUT2D eigenvalue weighted by atomic mass is 10.1. The zero-order valence-electron chi connectivity index (χ0n) is 23.1. The van der Waals surface area contributed by atoms with E-state index >= 15 is 0 Å². The average molecular weight is 607 g/mol. The third-order valence-electron chi connectivity index (χ3n) is 6.40. The van der Waals surface area contributed by atoms with E-state index in [1.165, 1.54) is 24.1 Å². The molecule has 40 heavy (non-hydrogen) atoms. The molecule has 1 N–H and O–H groups in total. The molecule has 3 aromatic carbocycles. The fourth-order valence-corrected chi connectivity index (χ4v) is 6.04. The number of likely N-dealkylation sites (N-methyl/N-ethyl adjacent to an activating group) is 1. The number of nitrogens with zero attached hydrogens (tertiary/aromatic N) is 2. The number of amides is 2. The lowest BCUT2D eigenvalue weighted by molar-refractivity contribution is -0.139. The zero-order chi connectivity index (χ0) is 29.6. The molecule has 0 saturated heterocycles. The molecule has 1 atom stereocenters. The first kappa shape index (κ1) is 31.3. The van der Waals surface area contributed by atoms with E-state index in [9.17, 15) is 18.0 Å². The van der Waals surface area contributed by atoms with Crippen LogP contribution < -0.4 is 14.4 Å². The summed E-state index contributed by atoms with van der Waals surface area (Å²) >= 11 is 12.8. The summed E-state index contributed by atoms with van der Waals surface area (Å²) in [4.78, 5) is 28.2. The molecule has 0 spiro atoms. The van der Waals surface area contributed by atoms with Crippen LogP contribution in [0.25, 0.3) is 0 Å². The average Bonchev–Trinajstić information content (AvgIpc) is 2.91. The molecule has 2 amide bonds. The van der Waals surface area contributed by atoms with Gasteiger partial charge in [0.2, 0.25) is 11.8 Å². The van der Waals surface area contributed by atoms with Crippen molar-refractivity contribution >= 4 is 50.7 Å². The van der Waals surface area contributed by atoms with Gasteiger partial charge in [-0.15, -0.1) is 0 Å². The zero-order valence-corrected chi connectivity index (χ0v) is 25.4. The molecule has 8 nitrogen and oxygen atoms in total. The second-order valence-corrected chi connectivity index (χ2v) is 12.0. The highest BCUT2D eigenvalue weighted by atomic mass is 35.5. The Bertz CT molecular complexity index is 1460. The number of aryl methyl sites for hydroxylation is 2. The van der Waals surface area contributed by atoms with Crippen LogP contribution in [0, 0.1) is 13.8 Å². The molecule has 0 aliphatic carbocycles. The highest BCUT2D eigenvalue weighted by Crippen LogP contribution is 2.34.